The van der Waals surface area contributed by atoms with Crippen LogP contribution in [0.3, 0.4) is 0 Å². The van der Waals surface area contributed by atoms with E-state index in [0.29, 0.717) is 29.1 Å². The average Bonchev–Trinajstić information content (AvgIpc) is 3.22. The third kappa shape index (κ3) is 5.18. The van der Waals surface area contributed by atoms with Crippen molar-refractivity contribution in [2.24, 2.45) is 0 Å². The first-order chi connectivity index (χ1) is 13.2. The molecule has 5 nitrogen and oxygen atoms in total. The summed E-state index contributed by atoms with van der Waals surface area (Å²) in [7, 11) is 1.62. The van der Waals surface area contributed by atoms with E-state index in [2.05, 4.69) is 10.6 Å². The average molecular weight is 380 g/mol. The van der Waals surface area contributed by atoms with Crippen LogP contribution in [0.25, 0.3) is 0 Å². The summed E-state index contributed by atoms with van der Waals surface area (Å²) in [5, 5.41) is 7.56. The van der Waals surface area contributed by atoms with E-state index in [1.807, 2.05) is 35.7 Å². The lowest BCUT2D eigenvalue weighted by molar-refractivity contribution is -0.116. The number of benzene rings is 2. The smallest absolute Gasteiger partial charge is 0.265 e. The van der Waals surface area contributed by atoms with Gasteiger partial charge in [-0.05, 0) is 47.7 Å². The van der Waals surface area contributed by atoms with Crippen LogP contribution in [0, 0.1) is 0 Å². The number of thiophene rings is 1. The summed E-state index contributed by atoms with van der Waals surface area (Å²) in [4.78, 5) is 25.0. The van der Waals surface area contributed by atoms with Gasteiger partial charge >= 0.3 is 0 Å². The Kier molecular flexibility index (Phi) is 6.22. The van der Waals surface area contributed by atoms with Gasteiger partial charge in [-0.1, -0.05) is 30.3 Å². The number of amides is 2. The second kappa shape index (κ2) is 9.00. The number of hydrogen-bond acceptors (Lipinski definition) is 4. The fourth-order valence-corrected chi connectivity index (χ4v) is 3.28. The van der Waals surface area contributed by atoms with Crippen molar-refractivity contribution in [3.8, 4) is 5.75 Å². The van der Waals surface area contributed by atoms with Crippen LogP contribution in [0.15, 0.2) is 66.0 Å². The molecule has 3 rings (SSSR count). The summed E-state index contributed by atoms with van der Waals surface area (Å²) >= 11 is 1.38. The van der Waals surface area contributed by atoms with Crippen molar-refractivity contribution in [3.05, 3.63) is 76.5 Å². The summed E-state index contributed by atoms with van der Waals surface area (Å²) in [5.74, 6) is 0.524. The molecule has 2 aromatic carbocycles. The molecule has 0 radical (unpaired) electrons. The molecule has 138 valence electrons. The van der Waals surface area contributed by atoms with Crippen LogP contribution in [0.5, 0.6) is 5.75 Å². The Morgan fingerprint density at radius 2 is 1.74 bits per heavy atom. The lowest BCUT2D eigenvalue weighted by Gasteiger charge is -2.10. The number of nitrogens with one attached hydrogen (secondary N) is 2. The lowest BCUT2D eigenvalue weighted by atomic mass is 10.1. The van der Waals surface area contributed by atoms with E-state index in [0.717, 1.165) is 11.3 Å². The largest absolute Gasteiger partial charge is 0.496 e. The van der Waals surface area contributed by atoms with Gasteiger partial charge < -0.3 is 15.4 Å². The Bertz CT molecular complexity index is 923. The molecule has 0 bridgehead atoms. The Labute approximate surface area is 162 Å². The fourth-order valence-electron chi connectivity index (χ4n) is 2.66. The standard InChI is InChI=1S/C21H20N2O3S/c1-26-18-9-3-2-6-15(18)11-12-20(24)22-16-7-4-8-17(14-16)23-21(25)19-10-5-13-27-19/h2-10,13-14H,11-12H2,1H3,(H,22,24)(H,23,25). The number of ether oxygens (including phenoxy) is 1. The van der Waals surface area contributed by atoms with Crippen molar-refractivity contribution in [2.45, 2.75) is 12.8 Å². The molecule has 0 saturated carbocycles. The van der Waals surface area contributed by atoms with Crippen molar-refractivity contribution in [3.63, 3.8) is 0 Å². The third-order valence-corrected chi connectivity index (χ3v) is 4.83. The highest BCUT2D eigenvalue weighted by Crippen LogP contribution is 2.20. The van der Waals surface area contributed by atoms with Gasteiger partial charge in [-0.3, -0.25) is 9.59 Å². The molecule has 0 spiro atoms. The minimum absolute atomic E-state index is 0.0948. The number of aryl methyl sites for hydroxylation is 1. The molecule has 2 amide bonds. The monoisotopic (exact) mass is 380 g/mol. The maximum atomic E-state index is 12.3. The van der Waals surface area contributed by atoms with Gasteiger partial charge in [0.05, 0.1) is 12.0 Å². The molecule has 0 fully saturated rings. The quantitative estimate of drug-likeness (QED) is 0.630. The molecule has 0 aliphatic heterocycles. The first-order valence-corrected chi connectivity index (χ1v) is 9.40. The topological polar surface area (TPSA) is 67.4 Å². The van der Waals surface area contributed by atoms with E-state index in [9.17, 15) is 9.59 Å². The minimum atomic E-state index is -0.162. The van der Waals surface area contributed by atoms with Crippen LogP contribution >= 0.6 is 11.3 Å². The van der Waals surface area contributed by atoms with Crippen molar-refractivity contribution < 1.29 is 14.3 Å². The van der Waals surface area contributed by atoms with Crippen molar-refractivity contribution in [1.29, 1.82) is 0 Å². The Balaban J connectivity index is 1.57. The highest BCUT2D eigenvalue weighted by Gasteiger charge is 2.09. The van der Waals surface area contributed by atoms with E-state index >= 15 is 0 Å². The number of methoxy groups -OCH3 is 1. The number of para-hydroxylation sites is 1. The first kappa shape index (κ1) is 18.7. The number of anilines is 2. The maximum absolute atomic E-state index is 12.3. The zero-order valence-corrected chi connectivity index (χ0v) is 15.7. The molecule has 1 heterocycles. The molecule has 6 heteroatoms. The maximum Gasteiger partial charge on any atom is 0.265 e. The summed E-state index contributed by atoms with van der Waals surface area (Å²) in [6.07, 6.45) is 0.927. The second-order valence-corrected chi connectivity index (χ2v) is 6.82. The summed E-state index contributed by atoms with van der Waals surface area (Å²) in [5.41, 5.74) is 2.27. The van der Waals surface area contributed by atoms with Crippen LogP contribution in [0.1, 0.15) is 21.7 Å². The molecule has 3 aromatic rings. The van der Waals surface area contributed by atoms with Crippen LogP contribution in [0.2, 0.25) is 0 Å². The minimum Gasteiger partial charge on any atom is -0.496 e. The summed E-state index contributed by atoms with van der Waals surface area (Å²) in [6, 6.07) is 18.4. The number of hydrogen-bond donors (Lipinski definition) is 2. The number of carbonyl (C=O) groups is 2. The van der Waals surface area contributed by atoms with Gasteiger partial charge in [0.2, 0.25) is 5.91 Å². The molecular weight excluding hydrogens is 360 g/mol. The van der Waals surface area contributed by atoms with E-state index < -0.39 is 0 Å². The molecule has 2 N–H and O–H groups in total. The van der Waals surface area contributed by atoms with Gasteiger partial charge in [-0.25, -0.2) is 0 Å². The highest BCUT2D eigenvalue weighted by molar-refractivity contribution is 7.12. The van der Waals surface area contributed by atoms with E-state index in [4.69, 9.17) is 4.74 Å². The zero-order valence-electron chi connectivity index (χ0n) is 14.9. The van der Waals surface area contributed by atoms with Gasteiger partial charge in [0.15, 0.2) is 0 Å². The van der Waals surface area contributed by atoms with Crippen LogP contribution in [-0.4, -0.2) is 18.9 Å². The molecule has 1 aromatic heterocycles. The first-order valence-electron chi connectivity index (χ1n) is 8.52. The second-order valence-electron chi connectivity index (χ2n) is 5.87. The van der Waals surface area contributed by atoms with E-state index in [1.54, 1.807) is 37.4 Å². The molecule has 0 saturated heterocycles. The molecule has 27 heavy (non-hydrogen) atoms. The fraction of sp³-hybridized carbons (Fsp3) is 0.143. The SMILES string of the molecule is COc1ccccc1CCC(=O)Nc1cccc(NC(=O)c2cccs2)c1. The van der Waals surface area contributed by atoms with Gasteiger partial charge in [0, 0.05) is 17.8 Å². The Hall–Kier alpha value is -3.12. The van der Waals surface area contributed by atoms with Gasteiger partial charge in [-0.2, -0.15) is 0 Å². The van der Waals surface area contributed by atoms with Gasteiger partial charge in [0.1, 0.15) is 5.75 Å². The van der Waals surface area contributed by atoms with Gasteiger partial charge in [-0.15, -0.1) is 11.3 Å². The number of rotatable bonds is 7. The van der Waals surface area contributed by atoms with Crippen LogP contribution < -0.4 is 15.4 Å². The number of carbonyl (C=O) groups excluding carboxylic acids is 2. The van der Waals surface area contributed by atoms with Crippen LogP contribution in [-0.2, 0) is 11.2 Å². The molecule has 0 aliphatic rings. The van der Waals surface area contributed by atoms with Crippen molar-refractivity contribution in [1.82, 2.24) is 0 Å². The van der Waals surface area contributed by atoms with E-state index in [-0.39, 0.29) is 11.8 Å². The van der Waals surface area contributed by atoms with Crippen molar-refractivity contribution in [2.75, 3.05) is 17.7 Å². The third-order valence-electron chi connectivity index (χ3n) is 3.96. The predicted octanol–water partition coefficient (Wildman–Crippen LogP) is 4.58. The molecule has 0 aliphatic carbocycles. The van der Waals surface area contributed by atoms with Crippen molar-refractivity contribution >= 4 is 34.5 Å². The van der Waals surface area contributed by atoms with Crippen LogP contribution in [0.4, 0.5) is 11.4 Å². The predicted molar refractivity (Wildman–Crippen MR) is 109 cm³/mol. The molecule has 0 unspecified atom stereocenters. The summed E-state index contributed by atoms with van der Waals surface area (Å²) in [6.45, 7) is 0. The molecular formula is C21H20N2O3S. The Morgan fingerprint density at radius 1 is 0.963 bits per heavy atom. The Morgan fingerprint density at radius 3 is 2.48 bits per heavy atom. The summed E-state index contributed by atoms with van der Waals surface area (Å²) < 4.78 is 5.31. The zero-order chi connectivity index (χ0) is 19.1. The molecule has 0 atom stereocenters. The van der Waals surface area contributed by atoms with Gasteiger partial charge in [0.25, 0.3) is 5.91 Å². The lowest BCUT2D eigenvalue weighted by Crippen LogP contribution is -2.14. The normalized spacial score (nSPS) is 10.3. The van der Waals surface area contributed by atoms with E-state index in [1.165, 1.54) is 11.3 Å². The highest BCUT2D eigenvalue weighted by atomic mass is 32.1.